The van der Waals surface area contributed by atoms with Crippen molar-refractivity contribution in [2.24, 2.45) is 5.92 Å². The van der Waals surface area contributed by atoms with Crippen molar-refractivity contribution in [3.63, 3.8) is 0 Å². The van der Waals surface area contributed by atoms with Crippen LogP contribution in [0.1, 0.15) is 362 Å². The van der Waals surface area contributed by atoms with Gasteiger partial charge in [-0.15, -0.1) is 0 Å². The number of hydrogen-bond donors (Lipinski definition) is 3. The molecule has 3 fully saturated rings. The SMILES string of the molecule is CCC(C)c1ccc(O)cc1.CCC(C)c1ccc(O)cc1.CCC(C)c1ccc(O)cc1.CCC(C)c1ccc(OC(=O)C2CCCCC2)cc1.CCC(C)c1ccc(OC(C)OCCOc2c(-c3ccccc3)cccc2-c2ccccc2)cc1.CCC(C)c1ccc(OC(C)OCCOc2ccc(C3CCCCC3)cc2)cc1.CCC(C)c1ccc(OC(C)OCCOc2ccc(C3CCCCC3)cc2)cc1. The van der Waals surface area contributed by atoms with E-state index in [1.165, 1.54) is 121 Å². The van der Waals surface area contributed by atoms with Crippen molar-refractivity contribution in [3.8, 4) is 79.7 Å². The number of phenolic OH excluding ortho intramolecular Hbond substituents is 3. The van der Waals surface area contributed by atoms with Crippen molar-refractivity contribution in [2.45, 2.75) is 331 Å². The van der Waals surface area contributed by atoms with E-state index >= 15 is 0 Å². The van der Waals surface area contributed by atoms with Crippen LogP contribution in [0.5, 0.6) is 57.5 Å². The summed E-state index contributed by atoms with van der Waals surface area (Å²) in [5.41, 5.74) is 16.5. The van der Waals surface area contributed by atoms with Crippen molar-refractivity contribution in [3.05, 3.63) is 347 Å². The molecule has 14 heteroatoms. The Balaban J connectivity index is 0.000000197. The number of hydrogen-bond acceptors (Lipinski definition) is 14. The van der Waals surface area contributed by atoms with Gasteiger partial charge in [0.05, 0.1) is 25.7 Å². The molecule has 0 aromatic heterocycles. The van der Waals surface area contributed by atoms with Crippen LogP contribution in [0.25, 0.3) is 22.3 Å². The lowest BCUT2D eigenvalue weighted by atomic mass is 9.84. The fourth-order valence-corrected chi connectivity index (χ4v) is 17.8. The molecule has 10 unspecified atom stereocenters. The Kier molecular flexibility index (Phi) is 52.8. The highest BCUT2D eigenvalue weighted by molar-refractivity contribution is 5.82. The maximum atomic E-state index is 12.0. The molecule has 0 bridgehead atoms. The van der Waals surface area contributed by atoms with Crippen LogP contribution in [-0.2, 0) is 19.0 Å². The number of ether oxygens (including phenoxy) is 10. The third kappa shape index (κ3) is 41.9. The first-order valence-corrected chi connectivity index (χ1v) is 54.5. The molecule has 3 N–H and O–H groups in total. The fourth-order valence-electron chi connectivity index (χ4n) is 17.8. The molecule has 14 nitrogen and oxygen atoms in total. The Morgan fingerprint density at radius 2 is 0.497 bits per heavy atom. The molecule has 0 aliphatic heterocycles. The van der Waals surface area contributed by atoms with Gasteiger partial charge in [-0.1, -0.05) is 343 Å². The van der Waals surface area contributed by atoms with Gasteiger partial charge < -0.3 is 62.7 Å². The first-order valence-electron chi connectivity index (χ1n) is 54.5. The average Bonchev–Trinajstić information content (AvgIpc) is 0.797. The standard InChI is InChI=1S/C32H34O3.2C26H36O3.C17H24O2.3C10H14O/c1-4-24(2)26-18-20-29(21-19-26)35-25(3)33-22-23-34-32-30(27-12-7-5-8-13-27)16-11-17-31(32)28-14-9-6-10-15-28;2*1-4-20(2)22-10-16-26(17-11-22)29-21(3)27-18-19-28-25-14-12-24(13-15-25)23-8-6-5-7-9-23;1-3-13(2)14-9-11-16(12-10-14)19-17(18)15-7-5-4-6-8-15;3*1-3-8(2)9-4-6-10(11)7-5-9/h5-21,24-25H,4,22-23H2,1-3H3;2*10-17,20-21,23H,4-9,18-19H2,1-3H3;9-13,15H,3-8H2,1-2H3;3*4-8,11H,3H2,1-2H3. The molecule has 3 aliphatic rings. The quantitative estimate of drug-likeness (QED) is 0.0143. The van der Waals surface area contributed by atoms with E-state index in [2.05, 4.69) is 236 Å². The Bertz CT molecular complexity index is 5100. The summed E-state index contributed by atoms with van der Waals surface area (Å²) in [4.78, 5) is 12.0. The van der Waals surface area contributed by atoms with Gasteiger partial charge >= 0.3 is 5.97 Å². The molecule has 780 valence electrons. The summed E-state index contributed by atoms with van der Waals surface area (Å²) in [5, 5.41) is 27.0. The number of rotatable bonds is 41. The molecule has 12 aromatic carbocycles. The molecule has 3 aliphatic carbocycles. The molecule has 10 atom stereocenters. The van der Waals surface area contributed by atoms with E-state index in [1.54, 1.807) is 36.4 Å². The maximum absolute atomic E-state index is 12.0. The summed E-state index contributed by atoms with van der Waals surface area (Å²) >= 11 is 0. The predicted molar refractivity (Wildman–Crippen MR) is 600 cm³/mol. The molecule has 0 saturated heterocycles. The van der Waals surface area contributed by atoms with Gasteiger partial charge in [0.2, 0.25) is 0 Å². The second-order valence-corrected chi connectivity index (χ2v) is 39.4. The van der Waals surface area contributed by atoms with Gasteiger partial charge in [0.15, 0.2) is 18.9 Å². The zero-order valence-corrected chi connectivity index (χ0v) is 90.4. The molecule has 3 saturated carbocycles. The lowest BCUT2D eigenvalue weighted by Crippen LogP contribution is -2.22. The van der Waals surface area contributed by atoms with Crippen LogP contribution in [0.2, 0.25) is 0 Å². The fraction of sp³-hybridized carbons (Fsp3) is 0.443. The van der Waals surface area contributed by atoms with Gasteiger partial charge in [-0.05, 0) is 328 Å². The summed E-state index contributed by atoms with van der Waals surface area (Å²) in [7, 11) is 0. The summed E-state index contributed by atoms with van der Waals surface area (Å²) < 4.78 is 58.5. The Morgan fingerprint density at radius 1 is 0.255 bits per heavy atom. The number of esters is 1. The van der Waals surface area contributed by atoms with Gasteiger partial charge in [-0.2, -0.15) is 0 Å². The van der Waals surface area contributed by atoms with E-state index in [0.717, 1.165) is 139 Å². The van der Waals surface area contributed by atoms with Crippen molar-refractivity contribution in [1.29, 1.82) is 0 Å². The van der Waals surface area contributed by atoms with Crippen molar-refractivity contribution < 1.29 is 67.5 Å². The van der Waals surface area contributed by atoms with Crippen molar-refractivity contribution in [2.75, 3.05) is 39.6 Å². The van der Waals surface area contributed by atoms with Gasteiger partial charge in [-0.3, -0.25) is 4.79 Å². The highest BCUT2D eigenvalue weighted by Crippen LogP contribution is 2.41. The van der Waals surface area contributed by atoms with E-state index < -0.39 is 0 Å². The van der Waals surface area contributed by atoms with Gasteiger partial charge in [-0.25, -0.2) is 0 Å². The van der Waals surface area contributed by atoms with Crippen molar-refractivity contribution in [1.82, 2.24) is 0 Å². The van der Waals surface area contributed by atoms with Crippen LogP contribution >= 0.6 is 0 Å². The lowest BCUT2D eigenvalue weighted by Gasteiger charge is -2.22. The normalized spacial score (nSPS) is 15.1. The number of phenols is 3. The molecule has 0 spiro atoms. The summed E-state index contributed by atoms with van der Waals surface area (Å²) in [6, 6.07) is 99.4. The summed E-state index contributed by atoms with van der Waals surface area (Å²) in [6.45, 7) is 39.4. The van der Waals surface area contributed by atoms with E-state index in [1.807, 2.05) is 142 Å². The topological polar surface area (TPSA) is 170 Å². The van der Waals surface area contributed by atoms with E-state index in [0.29, 0.717) is 104 Å². The number of carbonyl (C=O) groups is 1. The minimum absolute atomic E-state index is 0.0454. The van der Waals surface area contributed by atoms with Crippen LogP contribution < -0.4 is 33.2 Å². The molecule has 0 radical (unpaired) electrons. The lowest BCUT2D eigenvalue weighted by molar-refractivity contribution is -0.140. The molecule has 15 rings (SSSR count). The minimum Gasteiger partial charge on any atom is -0.508 e. The highest BCUT2D eigenvalue weighted by Gasteiger charge is 2.25. The monoisotopic (exact) mass is 1970 g/mol. The number of para-hydroxylation sites is 1. The number of benzene rings is 12. The summed E-state index contributed by atoms with van der Waals surface area (Å²) in [6.07, 6.45) is 26.1. The van der Waals surface area contributed by atoms with Crippen LogP contribution in [0, 0.1) is 5.92 Å². The van der Waals surface area contributed by atoms with Crippen LogP contribution in [-0.4, -0.2) is 79.8 Å². The minimum atomic E-state index is -0.369. The first kappa shape index (κ1) is 117. The Labute approximate surface area is 871 Å². The van der Waals surface area contributed by atoms with E-state index in [-0.39, 0.29) is 30.8 Å². The third-order valence-corrected chi connectivity index (χ3v) is 28.7. The zero-order valence-electron chi connectivity index (χ0n) is 90.4. The predicted octanol–water partition coefficient (Wildman–Crippen LogP) is 35.9. The highest BCUT2D eigenvalue weighted by atomic mass is 16.7. The van der Waals surface area contributed by atoms with E-state index in [4.69, 9.17) is 62.7 Å². The first-order chi connectivity index (χ1) is 70.4. The maximum Gasteiger partial charge on any atom is 0.314 e. The third-order valence-electron chi connectivity index (χ3n) is 28.7. The molecule has 0 amide bonds. The second kappa shape index (κ2) is 65.6. The summed E-state index contributed by atoms with van der Waals surface area (Å²) in [5.74, 6) is 12.5. The number of aromatic hydroxyl groups is 3. The van der Waals surface area contributed by atoms with Crippen molar-refractivity contribution >= 4 is 5.97 Å². The molecular weight excluding hydrogens is 1800 g/mol. The largest absolute Gasteiger partial charge is 0.508 e. The Morgan fingerprint density at radius 3 is 0.766 bits per heavy atom. The average molecular weight is 1970 g/mol. The second-order valence-electron chi connectivity index (χ2n) is 39.4. The zero-order chi connectivity index (χ0) is 104. The molecule has 12 aromatic rings. The van der Waals surface area contributed by atoms with E-state index in [9.17, 15) is 4.79 Å². The van der Waals surface area contributed by atoms with Gasteiger partial charge in [0.25, 0.3) is 0 Å². The van der Waals surface area contributed by atoms with Gasteiger partial charge in [0, 0.05) is 11.1 Å². The van der Waals surface area contributed by atoms with Crippen LogP contribution in [0.3, 0.4) is 0 Å². The van der Waals surface area contributed by atoms with Gasteiger partial charge in [0.1, 0.15) is 77.3 Å². The number of carbonyl (C=O) groups excluding carboxylic acids is 1. The Hall–Kier alpha value is -11.8. The molecule has 0 heterocycles. The molecular formula is C131H172O14. The van der Waals surface area contributed by atoms with Crippen LogP contribution in [0.4, 0.5) is 0 Å². The molecule has 145 heavy (non-hydrogen) atoms. The smallest absolute Gasteiger partial charge is 0.314 e. The van der Waals surface area contributed by atoms with Crippen LogP contribution in [0.15, 0.2) is 297 Å².